The molecule has 0 amide bonds. The number of ketones is 1. The van der Waals surface area contributed by atoms with Crippen LogP contribution in [0.25, 0.3) is 4.85 Å². The molecule has 1 aromatic heterocycles. The molecule has 1 aromatic rings. The van der Waals surface area contributed by atoms with E-state index in [-0.39, 0.29) is 11.3 Å². The Morgan fingerprint density at radius 2 is 1.97 bits per heavy atom. The van der Waals surface area contributed by atoms with Crippen molar-refractivity contribution in [2.45, 2.75) is 83.8 Å². The highest BCUT2D eigenvalue weighted by Gasteiger charge is 2.58. The van der Waals surface area contributed by atoms with Crippen LogP contribution in [0.1, 0.15) is 71.6 Å². The van der Waals surface area contributed by atoms with Crippen LogP contribution in [0.5, 0.6) is 0 Å². The Balaban J connectivity index is 1.30. The van der Waals surface area contributed by atoms with Gasteiger partial charge in [0.25, 0.3) is 0 Å². The topological polar surface area (TPSA) is 59.5 Å². The molecule has 1 N–H and O–H groups in total. The van der Waals surface area contributed by atoms with Crippen LogP contribution in [0, 0.1) is 47.5 Å². The molecule has 4 aliphatic carbocycles. The summed E-state index contributed by atoms with van der Waals surface area (Å²) in [5.74, 6) is 4.18. The number of carbonyl (C=O) groups excluding carboxylic acids is 1. The van der Waals surface area contributed by atoms with Gasteiger partial charge in [0, 0.05) is 12.1 Å². The van der Waals surface area contributed by atoms with E-state index in [2.05, 4.69) is 16.9 Å². The first-order valence-corrected chi connectivity index (χ1v) is 12.0. The SMILES string of the molecule is [C-]#[N+]c1cnn(CC(=O)[C@H]2CC[C@H]3[C@@H]4CC[C@@H]5C[C@](C)(O)CC[C@@H]5[C@H]4CC[C@]23C)c1. The number of aromatic nitrogens is 2. The highest BCUT2D eigenvalue weighted by molar-refractivity contribution is 5.82. The highest BCUT2D eigenvalue weighted by atomic mass is 16.3. The lowest BCUT2D eigenvalue weighted by Gasteiger charge is -2.56. The molecule has 1 heterocycles. The van der Waals surface area contributed by atoms with E-state index in [0.29, 0.717) is 29.9 Å². The van der Waals surface area contributed by atoms with Crippen molar-refractivity contribution in [3.05, 3.63) is 23.8 Å². The minimum absolute atomic E-state index is 0.126. The second-order valence-corrected chi connectivity index (χ2v) is 11.3. The summed E-state index contributed by atoms with van der Waals surface area (Å²) in [5, 5.41) is 14.8. The van der Waals surface area contributed by atoms with Gasteiger partial charge in [0.1, 0.15) is 0 Å². The second kappa shape index (κ2) is 7.19. The van der Waals surface area contributed by atoms with Gasteiger partial charge in [-0.05, 0) is 99.7 Å². The molecule has 0 bridgehead atoms. The number of aliphatic hydroxyl groups is 1. The number of nitrogens with zero attached hydrogens (tertiary/aromatic N) is 3. The smallest absolute Gasteiger partial charge is 0.224 e. The van der Waals surface area contributed by atoms with Gasteiger partial charge >= 0.3 is 0 Å². The molecule has 4 fully saturated rings. The van der Waals surface area contributed by atoms with Crippen LogP contribution >= 0.6 is 0 Å². The standard InChI is InChI=1S/C25H35N3O2/c1-24(30)10-8-18-16(12-24)4-5-20-19(18)9-11-25(2)21(20)6-7-22(25)23(29)15-28-14-17(26-3)13-27-28/h13-14,16,18-22,30H,4-12,15H2,1-2H3/t16-,18+,19-,20-,21+,22-,24-,25+/m1/s1. The molecule has 4 aliphatic rings. The summed E-state index contributed by atoms with van der Waals surface area (Å²) in [6, 6.07) is 0. The maximum atomic E-state index is 13.3. The van der Waals surface area contributed by atoms with Gasteiger partial charge < -0.3 is 5.11 Å². The van der Waals surface area contributed by atoms with Crippen LogP contribution in [-0.4, -0.2) is 26.3 Å². The van der Waals surface area contributed by atoms with E-state index in [0.717, 1.165) is 37.0 Å². The Kier molecular flexibility index (Phi) is 4.85. The lowest BCUT2D eigenvalue weighted by Crippen LogP contribution is -2.51. The lowest BCUT2D eigenvalue weighted by atomic mass is 9.49. The summed E-state index contributed by atoms with van der Waals surface area (Å²) < 4.78 is 1.65. The van der Waals surface area contributed by atoms with Crippen LogP contribution in [0.15, 0.2) is 12.4 Å². The normalized spacial score (nSPS) is 45.1. The predicted octanol–water partition coefficient (Wildman–Crippen LogP) is 5.02. The van der Waals surface area contributed by atoms with Crippen LogP contribution in [0.2, 0.25) is 0 Å². The molecule has 0 saturated heterocycles. The quantitative estimate of drug-likeness (QED) is 0.713. The minimum atomic E-state index is -0.457. The van der Waals surface area contributed by atoms with E-state index in [1.165, 1.54) is 38.5 Å². The summed E-state index contributed by atoms with van der Waals surface area (Å²) in [6.45, 7) is 11.8. The van der Waals surface area contributed by atoms with Crippen molar-refractivity contribution < 1.29 is 9.90 Å². The zero-order valence-electron chi connectivity index (χ0n) is 18.4. The summed E-state index contributed by atoms with van der Waals surface area (Å²) >= 11 is 0. The number of Topliss-reactive ketones (excluding diaryl/α,β-unsaturated/α-hetero) is 1. The number of hydrogen-bond donors (Lipinski definition) is 1. The van der Waals surface area contributed by atoms with Crippen molar-refractivity contribution in [3.63, 3.8) is 0 Å². The molecule has 0 unspecified atom stereocenters. The Bertz CT molecular complexity index is 868. The summed E-state index contributed by atoms with van der Waals surface area (Å²) in [7, 11) is 0. The number of rotatable bonds is 3. The Labute approximate surface area is 180 Å². The Hall–Kier alpha value is -1.67. The molecular formula is C25H35N3O2. The van der Waals surface area contributed by atoms with Crippen LogP contribution in [0.4, 0.5) is 5.69 Å². The summed E-state index contributed by atoms with van der Waals surface area (Å²) in [5.41, 5.74) is 0.171. The number of carbonyl (C=O) groups is 1. The molecule has 0 spiro atoms. The third kappa shape index (κ3) is 3.23. The van der Waals surface area contributed by atoms with Crippen LogP contribution in [0.3, 0.4) is 0 Å². The van der Waals surface area contributed by atoms with Gasteiger partial charge in [-0.1, -0.05) is 6.92 Å². The molecule has 5 nitrogen and oxygen atoms in total. The van der Waals surface area contributed by atoms with Gasteiger partial charge in [0.2, 0.25) is 5.69 Å². The minimum Gasteiger partial charge on any atom is -0.390 e. The van der Waals surface area contributed by atoms with E-state index in [1.807, 2.05) is 6.92 Å². The molecule has 0 aliphatic heterocycles. The Morgan fingerprint density at radius 3 is 2.73 bits per heavy atom. The molecule has 8 atom stereocenters. The fraction of sp³-hybridized carbons (Fsp3) is 0.800. The fourth-order valence-corrected chi connectivity index (χ4v) is 8.38. The number of hydrogen-bond acceptors (Lipinski definition) is 3. The van der Waals surface area contributed by atoms with Gasteiger partial charge in [-0.3, -0.25) is 9.48 Å². The third-order valence-corrected chi connectivity index (χ3v) is 9.69. The molecule has 4 saturated carbocycles. The van der Waals surface area contributed by atoms with E-state index in [1.54, 1.807) is 17.1 Å². The van der Waals surface area contributed by atoms with Crippen molar-refractivity contribution in [1.29, 1.82) is 0 Å². The van der Waals surface area contributed by atoms with E-state index < -0.39 is 5.60 Å². The molecule has 0 aromatic carbocycles. The molecule has 162 valence electrons. The highest BCUT2D eigenvalue weighted by Crippen LogP contribution is 2.64. The van der Waals surface area contributed by atoms with Gasteiger partial charge in [0.05, 0.1) is 24.9 Å². The largest absolute Gasteiger partial charge is 0.390 e. The van der Waals surface area contributed by atoms with E-state index >= 15 is 0 Å². The van der Waals surface area contributed by atoms with Crippen molar-refractivity contribution >= 4 is 11.5 Å². The summed E-state index contributed by atoms with van der Waals surface area (Å²) in [6.07, 6.45) is 13.6. The fourth-order valence-electron chi connectivity index (χ4n) is 8.38. The van der Waals surface area contributed by atoms with Gasteiger partial charge in [-0.2, -0.15) is 5.10 Å². The first kappa shape index (κ1) is 20.2. The van der Waals surface area contributed by atoms with Crippen molar-refractivity contribution in [2.75, 3.05) is 0 Å². The van der Waals surface area contributed by atoms with Crippen LogP contribution < -0.4 is 0 Å². The average molecular weight is 410 g/mol. The predicted molar refractivity (Wildman–Crippen MR) is 115 cm³/mol. The average Bonchev–Trinajstić information content (AvgIpc) is 3.30. The summed E-state index contributed by atoms with van der Waals surface area (Å²) in [4.78, 5) is 16.7. The van der Waals surface area contributed by atoms with Gasteiger partial charge in [-0.25, -0.2) is 4.85 Å². The third-order valence-electron chi connectivity index (χ3n) is 9.69. The van der Waals surface area contributed by atoms with E-state index in [4.69, 9.17) is 6.57 Å². The Morgan fingerprint density at radius 1 is 1.17 bits per heavy atom. The maximum Gasteiger partial charge on any atom is 0.224 e. The molecule has 30 heavy (non-hydrogen) atoms. The molecule has 5 heteroatoms. The maximum absolute atomic E-state index is 13.3. The van der Waals surface area contributed by atoms with Gasteiger partial charge in [-0.15, -0.1) is 0 Å². The molecular weight excluding hydrogens is 374 g/mol. The number of fused-ring (bicyclic) bond motifs is 5. The van der Waals surface area contributed by atoms with Crippen molar-refractivity contribution in [1.82, 2.24) is 9.78 Å². The zero-order chi connectivity index (χ0) is 21.1. The second-order valence-electron chi connectivity index (χ2n) is 11.3. The lowest BCUT2D eigenvalue weighted by molar-refractivity contribution is -0.133. The van der Waals surface area contributed by atoms with Crippen molar-refractivity contribution in [2.24, 2.45) is 40.9 Å². The first-order valence-electron chi connectivity index (χ1n) is 12.0. The molecule has 5 rings (SSSR count). The van der Waals surface area contributed by atoms with Gasteiger partial charge in [0.15, 0.2) is 5.78 Å². The van der Waals surface area contributed by atoms with E-state index in [9.17, 15) is 9.90 Å². The monoisotopic (exact) mass is 409 g/mol. The first-order chi connectivity index (χ1) is 14.3. The van der Waals surface area contributed by atoms with Crippen molar-refractivity contribution in [3.8, 4) is 0 Å². The van der Waals surface area contributed by atoms with Crippen LogP contribution in [-0.2, 0) is 11.3 Å². The molecule has 0 radical (unpaired) electrons. The zero-order valence-corrected chi connectivity index (χ0v) is 18.4.